The third-order valence-electron chi connectivity index (χ3n) is 0.580. The van der Waals surface area contributed by atoms with Crippen LogP contribution in [0.1, 0.15) is 0 Å². The van der Waals surface area contributed by atoms with Gasteiger partial charge in [-0.2, -0.15) is 0 Å². The van der Waals surface area contributed by atoms with Crippen LogP contribution in [0.25, 0.3) is 0 Å². The number of hydrogen-bond acceptors (Lipinski definition) is 4. The molecule has 0 radical (unpaired) electrons. The summed E-state index contributed by atoms with van der Waals surface area (Å²) in [6.45, 7) is 3.33. The molecule has 0 saturated carbocycles. The molecule has 5 heteroatoms. The van der Waals surface area contributed by atoms with Crippen molar-refractivity contribution in [2.75, 3.05) is 0 Å². The fraction of sp³-hybridized carbons (Fsp3) is 0.250. The summed E-state index contributed by atoms with van der Waals surface area (Å²) < 4.78 is 4.12. The Kier molecular flexibility index (Phi) is 4.49. The summed E-state index contributed by atoms with van der Waals surface area (Å²) in [6, 6.07) is 0. The lowest BCUT2D eigenvalue weighted by molar-refractivity contribution is 0.275. The van der Waals surface area contributed by atoms with Crippen LogP contribution in [0, 0.1) is 0 Å². The second kappa shape index (κ2) is 5.09. The Balaban J connectivity index is 3.36. The zero-order valence-corrected chi connectivity index (χ0v) is 4.78. The van der Waals surface area contributed by atoms with Crippen molar-refractivity contribution in [2.24, 2.45) is 5.16 Å². The molecular formula is C4H6BNO3. The lowest BCUT2D eigenvalue weighted by Gasteiger charge is -1.94. The molecule has 0 rings (SSSR count). The molecule has 0 bridgehead atoms. The van der Waals surface area contributed by atoms with Gasteiger partial charge in [-0.3, -0.25) is 0 Å². The maximum Gasteiger partial charge on any atom is 0.552 e. The summed E-state index contributed by atoms with van der Waals surface area (Å²) in [4.78, 5) is 9.36. The predicted octanol–water partition coefficient (Wildman–Crippen LogP) is -0.0797. The van der Waals surface area contributed by atoms with E-state index in [4.69, 9.17) is 5.02 Å². The van der Waals surface area contributed by atoms with Crippen LogP contribution in [-0.2, 0) is 9.55 Å². The van der Waals surface area contributed by atoms with Gasteiger partial charge in [0.15, 0.2) is 0 Å². The SMILES string of the molecule is C=CCB(O)ON=C=O. The van der Waals surface area contributed by atoms with Gasteiger partial charge in [0.1, 0.15) is 0 Å². The van der Waals surface area contributed by atoms with E-state index in [1.54, 1.807) is 0 Å². The van der Waals surface area contributed by atoms with Gasteiger partial charge in [0, 0.05) is 6.32 Å². The first-order valence-corrected chi connectivity index (χ1v) is 2.33. The Morgan fingerprint density at radius 1 is 2.00 bits per heavy atom. The molecule has 0 aromatic heterocycles. The minimum atomic E-state index is -1.08. The van der Waals surface area contributed by atoms with Gasteiger partial charge in [-0.1, -0.05) is 6.08 Å². The van der Waals surface area contributed by atoms with Crippen LogP contribution in [0.4, 0.5) is 0 Å². The van der Waals surface area contributed by atoms with Crippen LogP contribution in [0.3, 0.4) is 0 Å². The van der Waals surface area contributed by atoms with E-state index in [9.17, 15) is 4.79 Å². The Hall–Kier alpha value is -1.06. The van der Waals surface area contributed by atoms with Gasteiger partial charge < -0.3 is 9.78 Å². The summed E-state index contributed by atoms with van der Waals surface area (Å²) >= 11 is 0. The number of isocyanates is 1. The van der Waals surface area contributed by atoms with Gasteiger partial charge in [0.25, 0.3) is 6.08 Å². The van der Waals surface area contributed by atoms with Crippen molar-refractivity contribution < 1.29 is 14.6 Å². The van der Waals surface area contributed by atoms with Gasteiger partial charge in [-0.25, -0.2) is 4.79 Å². The predicted molar refractivity (Wildman–Crippen MR) is 32.2 cm³/mol. The number of rotatable bonds is 4. The summed E-state index contributed by atoms with van der Waals surface area (Å²) in [5.41, 5.74) is 0. The topological polar surface area (TPSA) is 58.9 Å². The minimum Gasteiger partial charge on any atom is -0.423 e. The highest BCUT2D eigenvalue weighted by Gasteiger charge is 2.10. The molecule has 0 unspecified atom stereocenters. The summed E-state index contributed by atoms with van der Waals surface area (Å²) in [5.74, 6) is 0. The molecule has 0 aliphatic heterocycles. The second-order valence-corrected chi connectivity index (χ2v) is 1.27. The molecular weight excluding hydrogens is 121 g/mol. The highest BCUT2D eigenvalue weighted by molar-refractivity contribution is 6.43. The molecule has 0 fully saturated rings. The third kappa shape index (κ3) is 4.81. The molecule has 0 saturated heterocycles. The number of carbonyl (C=O) groups excluding carboxylic acids is 1. The van der Waals surface area contributed by atoms with E-state index in [1.165, 1.54) is 6.08 Å². The first kappa shape index (κ1) is 7.94. The highest BCUT2D eigenvalue weighted by atomic mass is 16.6. The molecule has 0 spiro atoms. The van der Waals surface area contributed by atoms with E-state index in [1.807, 2.05) is 0 Å². The molecule has 48 valence electrons. The Morgan fingerprint density at radius 3 is 3.11 bits per heavy atom. The van der Waals surface area contributed by atoms with E-state index in [0.29, 0.717) is 0 Å². The van der Waals surface area contributed by atoms with E-state index in [-0.39, 0.29) is 6.32 Å². The van der Waals surface area contributed by atoms with Crippen LogP contribution < -0.4 is 0 Å². The number of hydrogen-bond donors (Lipinski definition) is 1. The molecule has 9 heavy (non-hydrogen) atoms. The van der Waals surface area contributed by atoms with Crippen molar-refractivity contribution in [1.82, 2.24) is 0 Å². The molecule has 0 atom stereocenters. The molecule has 4 nitrogen and oxygen atoms in total. The van der Waals surface area contributed by atoms with Gasteiger partial charge in [-0.15, -0.1) is 6.58 Å². The normalized spacial score (nSPS) is 7.22. The van der Waals surface area contributed by atoms with Crippen molar-refractivity contribution in [3.8, 4) is 0 Å². The standard InChI is InChI=1S/C4H6BNO3/c1-2-3-5(8)9-6-4-7/h2,8H,1,3H2. The molecule has 0 aromatic carbocycles. The van der Waals surface area contributed by atoms with Crippen molar-refractivity contribution in [1.29, 1.82) is 0 Å². The lowest BCUT2D eigenvalue weighted by atomic mass is 9.86. The maximum absolute atomic E-state index is 9.36. The fourth-order valence-corrected chi connectivity index (χ4v) is 0.268. The zero-order valence-electron chi connectivity index (χ0n) is 4.78. The largest absolute Gasteiger partial charge is 0.552 e. The Morgan fingerprint density at radius 2 is 2.67 bits per heavy atom. The molecule has 0 aliphatic carbocycles. The number of nitrogens with zero attached hydrogens (tertiary/aromatic N) is 1. The molecule has 1 N–H and O–H groups in total. The zero-order chi connectivity index (χ0) is 7.11. The van der Waals surface area contributed by atoms with Crippen molar-refractivity contribution >= 4 is 13.2 Å². The van der Waals surface area contributed by atoms with Crippen LogP contribution in [-0.4, -0.2) is 18.2 Å². The van der Waals surface area contributed by atoms with E-state index < -0.39 is 7.12 Å². The first-order chi connectivity index (χ1) is 4.31. The van der Waals surface area contributed by atoms with Crippen LogP contribution >= 0.6 is 0 Å². The third-order valence-corrected chi connectivity index (χ3v) is 0.580. The quantitative estimate of drug-likeness (QED) is 0.189. The molecule has 0 aliphatic rings. The van der Waals surface area contributed by atoms with Crippen LogP contribution in [0.2, 0.25) is 6.32 Å². The highest BCUT2D eigenvalue weighted by Crippen LogP contribution is 1.89. The molecule has 0 heterocycles. The van der Waals surface area contributed by atoms with Crippen molar-refractivity contribution in [2.45, 2.75) is 6.32 Å². The van der Waals surface area contributed by atoms with Gasteiger partial charge in [0.2, 0.25) is 0 Å². The summed E-state index contributed by atoms with van der Waals surface area (Å²) in [7, 11) is -1.08. The Labute approximate surface area is 53.0 Å². The van der Waals surface area contributed by atoms with Crippen molar-refractivity contribution in [3.63, 3.8) is 0 Å². The average molecular weight is 127 g/mol. The number of allylic oxidation sites excluding steroid dienone is 1. The molecule has 0 amide bonds. The summed E-state index contributed by atoms with van der Waals surface area (Å²) in [6.07, 6.45) is 2.81. The minimum absolute atomic E-state index is 0.241. The van der Waals surface area contributed by atoms with Crippen LogP contribution in [0.5, 0.6) is 0 Å². The fourth-order valence-electron chi connectivity index (χ4n) is 0.268. The van der Waals surface area contributed by atoms with Crippen molar-refractivity contribution in [3.05, 3.63) is 12.7 Å². The smallest absolute Gasteiger partial charge is 0.423 e. The van der Waals surface area contributed by atoms with Gasteiger partial charge >= 0.3 is 7.12 Å². The van der Waals surface area contributed by atoms with Gasteiger partial charge in [-0.05, 0) is 5.16 Å². The summed E-state index contributed by atoms with van der Waals surface area (Å²) in [5, 5.41) is 11.3. The monoisotopic (exact) mass is 127 g/mol. The van der Waals surface area contributed by atoms with Crippen LogP contribution in [0.15, 0.2) is 17.8 Å². The second-order valence-electron chi connectivity index (χ2n) is 1.27. The average Bonchev–Trinajstić information content (AvgIpc) is 1.85. The maximum atomic E-state index is 9.36. The van der Waals surface area contributed by atoms with E-state index >= 15 is 0 Å². The van der Waals surface area contributed by atoms with Gasteiger partial charge in [0.05, 0.1) is 0 Å². The first-order valence-electron chi connectivity index (χ1n) is 2.33. The Bertz CT molecular complexity index is 132. The van der Waals surface area contributed by atoms with E-state index in [0.717, 1.165) is 6.08 Å². The van der Waals surface area contributed by atoms with E-state index in [2.05, 4.69) is 16.5 Å². The molecule has 0 aromatic rings. The lowest BCUT2D eigenvalue weighted by Crippen LogP contribution is -2.12.